The smallest absolute Gasteiger partial charge is 0.231 e. The summed E-state index contributed by atoms with van der Waals surface area (Å²) in [6.07, 6.45) is 9.91. The Morgan fingerprint density at radius 2 is 1.26 bits per heavy atom. The van der Waals surface area contributed by atoms with Crippen LogP contribution in [0.4, 0.5) is 0 Å². The first-order chi connectivity index (χ1) is 18.6. The van der Waals surface area contributed by atoms with Crippen molar-refractivity contribution in [3.05, 3.63) is 59.2 Å². The van der Waals surface area contributed by atoms with Crippen LogP contribution in [-0.2, 0) is 33.4 Å². The molecule has 0 N–H and O–H groups in total. The molecule has 0 aromatic heterocycles. The number of fused-ring (bicyclic) bond motifs is 1. The van der Waals surface area contributed by atoms with Crippen LogP contribution in [0.25, 0.3) is 0 Å². The summed E-state index contributed by atoms with van der Waals surface area (Å²) in [5.74, 6) is 1.66. The van der Waals surface area contributed by atoms with Gasteiger partial charge in [-0.05, 0) is 62.4 Å². The SMILES string of the molecule is CCCCOCCOCCOCc1cc2c(cc1CCC)OCO2.CC[P+](CC)(CC)Cc1ccccc1. The number of aryl methyl sites for hydroxylation is 1. The minimum atomic E-state index is -0.661. The summed E-state index contributed by atoms with van der Waals surface area (Å²) in [5.41, 5.74) is 3.97. The minimum Gasteiger partial charge on any atom is -0.454 e. The lowest BCUT2D eigenvalue weighted by Crippen LogP contribution is -2.10. The van der Waals surface area contributed by atoms with Crippen LogP contribution in [0.5, 0.6) is 11.5 Å². The monoisotopic (exact) mass is 547 g/mol. The third kappa shape index (κ3) is 11.6. The molecular weight excluding hydrogens is 495 g/mol. The average Bonchev–Trinajstić information content (AvgIpc) is 3.41. The Labute approximate surface area is 232 Å². The van der Waals surface area contributed by atoms with Crippen LogP contribution in [0, 0.1) is 0 Å². The van der Waals surface area contributed by atoms with Crippen molar-refractivity contribution in [1.29, 1.82) is 0 Å². The van der Waals surface area contributed by atoms with Gasteiger partial charge in [-0.3, -0.25) is 0 Å². The molecule has 1 aliphatic heterocycles. The van der Waals surface area contributed by atoms with Crippen molar-refractivity contribution in [2.45, 2.75) is 73.1 Å². The zero-order chi connectivity index (χ0) is 27.5. The second kappa shape index (κ2) is 19.4. The van der Waals surface area contributed by atoms with Gasteiger partial charge < -0.3 is 23.7 Å². The zero-order valence-corrected chi connectivity index (χ0v) is 25.5. The van der Waals surface area contributed by atoms with Crippen molar-refractivity contribution in [3.8, 4) is 11.5 Å². The standard InChI is InChI=1S/C19H30O5.C13H22P/c1-3-5-7-20-8-9-21-10-11-22-14-17-13-19-18(23-15-24-19)12-16(17)6-4-2;1-4-14(5-2,6-3)12-13-10-8-7-9-11-13/h12-13H,3-11,14-15H2,1-2H3;7-11H,4-6,12H2,1-3H3/q;+1. The highest BCUT2D eigenvalue weighted by molar-refractivity contribution is 7.75. The number of ether oxygens (including phenoxy) is 5. The summed E-state index contributed by atoms with van der Waals surface area (Å²) in [4.78, 5) is 0. The van der Waals surface area contributed by atoms with Crippen molar-refractivity contribution < 1.29 is 23.7 Å². The maximum atomic E-state index is 5.75. The molecule has 214 valence electrons. The third-order valence-electron chi connectivity index (χ3n) is 7.23. The lowest BCUT2D eigenvalue weighted by Gasteiger charge is -2.23. The molecule has 1 heterocycles. The Morgan fingerprint density at radius 3 is 1.84 bits per heavy atom. The summed E-state index contributed by atoms with van der Waals surface area (Å²) in [5, 5.41) is 0. The highest BCUT2D eigenvalue weighted by Crippen LogP contribution is 2.60. The van der Waals surface area contributed by atoms with Crippen molar-refractivity contribution in [1.82, 2.24) is 0 Å². The molecule has 0 amide bonds. The molecule has 0 unspecified atom stereocenters. The Balaban J connectivity index is 0.000000308. The van der Waals surface area contributed by atoms with Crippen LogP contribution in [0.2, 0.25) is 0 Å². The van der Waals surface area contributed by atoms with Gasteiger partial charge in [0.1, 0.15) is 0 Å². The largest absolute Gasteiger partial charge is 0.454 e. The van der Waals surface area contributed by atoms with E-state index in [2.05, 4.69) is 71.0 Å². The van der Waals surface area contributed by atoms with Crippen molar-refractivity contribution >= 4 is 7.26 Å². The van der Waals surface area contributed by atoms with E-state index in [0.29, 0.717) is 39.8 Å². The van der Waals surface area contributed by atoms with Gasteiger partial charge >= 0.3 is 0 Å². The van der Waals surface area contributed by atoms with Crippen LogP contribution in [-0.4, -0.2) is 58.3 Å². The van der Waals surface area contributed by atoms with E-state index in [1.54, 1.807) is 0 Å². The molecule has 0 atom stereocenters. The van der Waals surface area contributed by atoms with E-state index in [-0.39, 0.29) is 0 Å². The molecule has 38 heavy (non-hydrogen) atoms. The number of hydrogen-bond donors (Lipinski definition) is 0. The summed E-state index contributed by atoms with van der Waals surface area (Å²) in [6, 6.07) is 15.1. The van der Waals surface area contributed by atoms with Crippen molar-refractivity contribution in [2.75, 3.05) is 58.3 Å². The number of hydrogen-bond acceptors (Lipinski definition) is 5. The summed E-state index contributed by atoms with van der Waals surface area (Å²) in [6.45, 7) is 15.6. The first-order valence-corrected chi connectivity index (χ1v) is 17.2. The molecule has 0 bridgehead atoms. The van der Waals surface area contributed by atoms with Gasteiger partial charge in [0.2, 0.25) is 6.79 Å². The van der Waals surface area contributed by atoms with Crippen molar-refractivity contribution in [2.24, 2.45) is 0 Å². The summed E-state index contributed by atoms with van der Waals surface area (Å²) in [7, 11) is -0.661. The highest BCUT2D eigenvalue weighted by atomic mass is 31.2. The predicted octanol–water partition coefficient (Wildman–Crippen LogP) is 7.98. The van der Waals surface area contributed by atoms with Gasteiger partial charge in [-0.25, -0.2) is 0 Å². The molecule has 2 aromatic rings. The third-order valence-corrected chi connectivity index (χ3v) is 12.3. The second-order valence-corrected chi connectivity index (χ2v) is 14.7. The molecular formula is C32H52O5P+. The normalized spacial score (nSPS) is 12.3. The fourth-order valence-electron chi connectivity index (χ4n) is 4.51. The van der Waals surface area contributed by atoms with Crippen molar-refractivity contribution in [3.63, 3.8) is 0 Å². The van der Waals surface area contributed by atoms with E-state index in [0.717, 1.165) is 43.8 Å². The molecule has 2 aromatic carbocycles. The molecule has 0 saturated carbocycles. The van der Waals surface area contributed by atoms with Crippen LogP contribution in [0.3, 0.4) is 0 Å². The van der Waals surface area contributed by atoms with Gasteiger partial charge in [0.05, 0.1) is 57.7 Å². The Bertz CT molecular complexity index is 861. The molecule has 5 nitrogen and oxygen atoms in total. The highest BCUT2D eigenvalue weighted by Gasteiger charge is 2.30. The van der Waals surface area contributed by atoms with E-state index in [1.807, 2.05) is 6.07 Å². The van der Waals surface area contributed by atoms with Crippen LogP contribution < -0.4 is 9.47 Å². The predicted molar refractivity (Wildman–Crippen MR) is 161 cm³/mol. The number of unbranched alkanes of at least 4 members (excludes halogenated alkanes) is 1. The van der Waals surface area contributed by atoms with Gasteiger partial charge in [0.25, 0.3) is 0 Å². The maximum Gasteiger partial charge on any atom is 0.231 e. The zero-order valence-electron chi connectivity index (χ0n) is 24.6. The maximum absolute atomic E-state index is 5.75. The minimum absolute atomic E-state index is 0.305. The molecule has 6 heteroatoms. The van der Waals surface area contributed by atoms with Crippen LogP contribution in [0.15, 0.2) is 42.5 Å². The Kier molecular flexibility index (Phi) is 16.6. The fraction of sp³-hybridized carbons (Fsp3) is 0.625. The van der Waals surface area contributed by atoms with E-state index in [4.69, 9.17) is 23.7 Å². The quantitative estimate of drug-likeness (QED) is 0.140. The van der Waals surface area contributed by atoms with E-state index in [9.17, 15) is 0 Å². The van der Waals surface area contributed by atoms with Gasteiger partial charge in [-0.15, -0.1) is 0 Å². The first kappa shape index (κ1) is 32.6. The van der Waals surface area contributed by atoms with Gasteiger partial charge in [0.15, 0.2) is 11.5 Å². The second-order valence-electron chi connectivity index (χ2n) is 9.79. The topological polar surface area (TPSA) is 46.2 Å². The molecule has 3 rings (SSSR count). The lowest BCUT2D eigenvalue weighted by atomic mass is 10.0. The summed E-state index contributed by atoms with van der Waals surface area (Å²) < 4.78 is 27.6. The van der Waals surface area contributed by atoms with E-state index in [1.165, 1.54) is 41.3 Å². The average molecular weight is 548 g/mol. The van der Waals surface area contributed by atoms with Gasteiger partial charge in [-0.1, -0.05) is 57.0 Å². The molecule has 0 fully saturated rings. The number of benzene rings is 2. The summed E-state index contributed by atoms with van der Waals surface area (Å²) >= 11 is 0. The molecule has 0 saturated heterocycles. The molecule has 1 aliphatic rings. The molecule has 0 aliphatic carbocycles. The Morgan fingerprint density at radius 1 is 0.684 bits per heavy atom. The lowest BCUT2D eigenvalue weighted by molar-refractivity contribution is 0.0101. The number of rotatable bonds is 18. The molecule has 0 spiro atoms. The fourth-order valence-corrected chi connectivity index (χ4v) is 7.51. The van der Waals surface area contributed by atoms with Gasteiger partial charge in [0, 0.05) is 13.9 Å². The first-order valence-electron chi connectivity index (χ1n) is 14.6. The van der Waals surface area contributed by atoms with E-state index < -0.39 is 7.26 Å². The molecule has 0 radical (unpaired) electrons. The van der Waals surface area contributed by atoms with E-state index >= 15 is 0 Å². The van der Waals surface area contributed by atoms with Gasteiger partial charge in [-0.2, -0.15) is 0 Å². The van der Waals surface area contributed by atoms with Crippen LogP contribution >= 0.6 is 7.26 Å². The Hall–Kier alpha value is -1.65. The van der Waals surface area contributed by atoms with Crippen LogP contribution in [0.1, 0.15) is 70.6 Å².